The minimum absolute atomic E-state index is 0. The van der Waals surface area contributed by atoms with Gasteiger partial charge in [0.15, 0.2) is 0 Å². The molecule has 0 amide bonds. The molecule has 1 aromatic heterocycles. The van der Waals surface area contributed by atoms with Crippen LogP contribution in [0, 0.1) is 63.2 Å². The molecule has 2 aliphatic carbocycles. The molecule has 0 saturated heterocycles. The summed E-state index contributed by atoms with van der Waals surface area (Å²) in [5, 5.41) is 14.4. The van der Waals surface area contributed by atoms with Crippen molar-refractivity contribution in [1.29, 1.82) is 0 Å². The maximum absolute atomic E-state index is 9.10. The van der Waals surface area contributed by atoms with Crippen LogP contribution in [0.25, 0.3) is 10.9 Å². The molecule has 4 rings (SSSR count). The normalized spacial score (nSPS) is 16.9. The molecule has 0 unspecified atom stereocenters. The molecule has 6 heteroatoms. The molecule has 0 spiro atoms. The zero-order valence-electron chi connectivity index (χ0n) is 17.6. The number of pyridine rings is 1. The fourth-order valence-electron chi connectivity index (χ4n) is 3.30. The van der Waals surface area contributed by atoms with E-state index in [1.807, 2.05) is 56.4 Å². The quantitative estimate of drug-likeness (QED) is 0.553. The first-order chi connectivity index (χ1) is 14.7. The summed E-state index contributed by atoms with van der Waals surface area (Å²) in [6.07, 6.45) is 18.3. The smallest absolute Gasteiger partial charge is 0.395 e. The fourth-order valence-corrected chi connectivity index (χ4v) is 3.47. The number of hydrogen-bond acceptors (Lipinski definition) is 4. The largest absolute Gasteiger partial charge is 2.00 e. The Kier molecular flexibility index (Phi) is 12.2. The molecule has 2 fully saturated rings. The number of nitrogens with zero attached hydrogens (tertiary/aromatic N) is 2. The predicted molar refractivity (Wildman–Crippen MR) is 125 cm³/mol. The van der Waals surface area contributed by atoms with Crippen molar-refractivity contribution in [2.75, 3.05) is 38.1 Å². The van der Waals surface area contributed by atoms with Crippen molar-refractivity contribution in [3.05, 3.63) is 98.7 Å². The summed E-state index contributed by atoms with van der Waals surface area (Å²) in [7, 11) is 0. The van der Waals surface area contributed by atoms with Crippen molar-refractivity contribution < 1.29 is 22.2 Å². The van der Waals surface area contributed by atoms with Gasteiger partial charge >= 0.3 is 17.1 Å². The molecule has 1 aromatic carbocycles. The van der Waals surface area contributed by atoms with Crippen molar-refractivity contribution >= 4 is 28.2 Å². The number of nitrogens with one attached hydrogen (secondary N) is 1. The first kappa shape index (κ1) is 26.4. The summed E-state index contributed by atoms with van der Waals surface area (Å²) in [4.78, 5) is 6.60. The van der Waals surface area contributed by atoms with E-state index in [-0.39, 0.29) is 23.7 Å². The Hall–Kier alpha value is -0.841. The van der Waals surface area contributed by atoms with Crippen LogP contribution in [0.3, 0.4) is 0 Å². The molecule has 31 heavy (non-hydrogen) atoms. The van der Waals surface area contributed by atoms with Crippen LogP contribution in [-0.4, -0.2) is 47.8 Å². The van der Waals surface area contributed by atoms with E-state index in [1.165, 1.54) is 11.8 Å². The van der Waals surface area contributed by atoms with E-state index < -0.39 is 0 Å². The second kappa shape index (κ2) is 14.3. The minimum Gasteiger partial charge on any atom is -0.395 e. The Morgan fingerprint density at radius 3 is 2.42 bits per heavy atom. The summed E-state index contributed by atoms with van der Waals surface area (Å²) >= 11 is 6.04. The summed E-state index contributed by atoms with van der Waals surface area (Å²) in [5.41, 5.74) is 1.95. The maximum Gasteiger partial charge on any atom is 2.00 e. The molecule has 0 bridgehead atoms. The number of anilines is 1. The number of fused-ring (bicyclic) bond motifs is 1. The summed E-state index contributed by atoms with van der Waals surface area (Å²) in [5.74, 6) is 2.52. The molecule has 0 aliphatic heterocycles. The molecule has 2 aromatic rings. The van der Waals surface area contributed by atoms with Gasteiger partial charge < -0.3 is 15.3 Å². The van der Waals surface area contributed by atoms with Crippen molar-refractivity contribution in [2.45, 2.75) is 6.92 Å². The second-order valence-corrected chi connectivity index (χ2v) is 7.49. The Bertz CT molecular complexity index is 764. The molecule has 162 valence electrons. The Labute approximate surface area is 203 Å². The SMILES string of the molecule is CCN(CCO)C[C]1[CH][CH][C](CNc2ccnc3cc(Cl)ccc23)[CH]1.[CH]1[CH][CH][CH][CH]1.[Fe+2]. The number of halogens is 1. The van der Waals surface area contributed by atoms with E-state index in [1.54, 1.807) is 6.20 Å². The molecule has 4 nitrogen and oxygen atoms in total. The zero-order chi connectivity index (χ0) is 21.2. The van der Waals surface area contributed by atoms with Crippen LogP contribution < -0.4 is 5.32 Å². The van der Waals surface area contributed by atoms with Crippen molar-refractivity contribution in [2.24, 2.45) is 0 Å². The third-order valence-electron chi connectivity index (χ3n) is 4.90. The van der Waals surface area contributed by atoms with Gasteiger partial charge in [0.1, 0.15) is 0 Å². The van der Waals surface area contributed by atoms with Gasteiger partial charge in [-0.25, -0.2) is 0 Å². The summed E-state index contributed by atoms with van der Waals surface area (Å²) < 4.78 is 0. The van der Waals surface area contributed by atoms with Crippen LogP contribution in [-0.2, 0) is 17.1 Å². The van der Waals surface area contributed by atoms with Crippen molar-refractivity contribution in [3.63, 3.8) is 0 Å². The minimum atomic E-state index is 0. The monoisotopic (exact) mass is 477 g/mol. The van der Waals surface area contributed by atoms with Crippen LogP contribution in [0.15, 0.2) is 30.5 Å². The molecule has 2 aliphatic rings. The maximum atomic E-state index is 9.10. The Balaban J connectivity index is 0.000000501. The Morgan fingerprint density at radius 1 is 1.03 bits per heavy atom. The molecule has 1 heterocycles. The first-order valence-electron chi connectivity index (χ1n) is 10.2. The van der Waals surface area contributed by atoms with E-state index in [2.05, 4.69) is 41.4 Å². The number of rotatable bonds is 8. The van der Waals surface area contributed by atoms with Gasteiger partial charge in [0.05, 0.1) is 12.1 Å². The number of aliphatic hydroxyl groups is 1. The molecular weight excluding hydrogens is 450 g/mol. The number of benzene rings is 1. The average molecular weight is 478 g/mol. The zero-order valence-corrected chi connectivity index (χ0v) is 19.5. The fraction of sp³-hybridized carbons (Fsp3) is 0.240. The summed E-state index contributed by atoms with van der Waals surface area (Å²) in [6.45, 7) is 5.58. The second-order valence-electron chi connectivity index (χ2n) is 7.06. The topological polar surface area (TPSA) is 48.4 Å². The molecule has 10 radical (unpaired) electrons. The third kappa shape index (κ3) is 8.55. The van der Waals surface area contributed by atoms with Crippen LogP contribution in [0.4, 0.5) is 5.69 Å². The van der Waals surface area contributed by atoms with Gasteiger partial charge in [0.2, 0.25) is 0 Å². The number of aliphatic hydroxyl groups excluding tert-OH is 1. The molecule has 2 N–H and O–H groups in total. The van der Waals surface area contributed by atoms with Gasteiger partial charge in [-0.3, -0.25) is 4.98 Å². The van der Waals surface area contributed by atoms with Crippen LogP contribution in [0.2, 0.25) is 5.02 Å². The van der Waals surface area contributed by atoms with Crippen molar-refractivity contribution in [1.82, 2.24) is 9.88 Å². The van der Waals surface area contributed by atoms with Gasteiger partial charge in [0, 0.05) is 47.8 Å². The van der Waals surface area contributed by atoms with Crippen molar-refractivity contribution in [3.8, 4) is 0 Å². The van der Waals surface area contributed by atoms with Gasteiger partial charge in [-0.05, 0) is 88.1 Å². The summed E-state index contributed by atoms with van der Waals surface area (Å²) in [6, 6.07) is 7.75. The predicted octanol–water partition coefficient (Wildman–Crippen LogP) is 4.41. The van der Waals surface area contributed by atoms with Gasteiger partial charge in [-0.2, -0.15) is 0 Å². The Morgan fingerprint density at radius 2 is 1.74 bits per heavy atom. The van der Waals surface area contributed by atoms with Crippen LogP contribution in [0.5, 0.6) is 0 Å². The van der Waals surface area contributed by atoms with E-state index in [0.717, 1.165) is 36.2 Å². The van der Waals surface area contributed by atoms with Crippen LogP contribution >= 0.6 is 11.6 Å². The first-order valence-corrected chi connectivity index (χ1v) is 10.6. The molecular formula is C25H28ClFeN3O+2. The van der Waals surface area contributed by atoms with E-state index in [0.29, 0.717) is 11.6 Å². The van der Waals surface area contributed by atoms with Crippen LogP contribution in [0.1, 0.15) is 6.92 Å². The van der Waals surface area contributed by atoms with E-state index >= 15 is 0 Å². The number of hydrogen-bond donors (Lipinski definition) is 2. The number of likely N-dealkylation sites (N-methyl/N-ethyl adjacent to an activating group) is 1. The third-order valence-corrected chi connectivity index (χ3v) is 5.13. The standard InChI is InChI=1S/C20H23ClN3O.C5H5.Fe/c1-2-24(9-10-25)14-16-4-3-15(11-16)13-23-19-7-8-22-20-12-17(21)5-6-18(19)20;1-2-4-5-3-1;/h3-8,11-12,25H,2,9-10,13-14H2,1H3,(H,22,23);1-5H;/q;;+2. The van der Waals surface area contributed by atoms with E-state index in [9.17, 15) is 0 Å². The molecule has 2 saturated carbocycles. The van der Waals surface area contributed by atoms with Gasteiger partial charge in [0.25, 0.3) is 0 Å². The van der Waals surface area contributed by atoms with E-state index in [4.69, 9.17) is 16.7 Å². The van der Waals surface area contributed by atoms with Gasteiger partial charge in [-0.15, -0.1) is 0 Å². The number of aromatic nitrogens is 1. The molecule has 0 atom stereocenters. The van der Waals surface area contributed by atoms with Gasteiger partial charge in [-0.1, -0.05) is 18.5 Å². The average Bonchev–Trinajstić information content (AvgIpc) is 3.47.